The van der Waals surface area contributed by atoms with Crippen LogP contribution in [0.1, 0.15) is 18.7 Å². The van der Waals surface area contributed by atoms with Crippen LogP contribution in [0.15, 0.2) is 23.2 Å². The highest BCUT2D eigenvalue weighted by Gasteiger charge is 2.07. The molecule has 0 aliphatic rings. The van der Waals surface area contributed by atoms with Crippen LogP contribution in [0, 0.1) is 0 Å². The second-order valence-corrected chi connectivity index (χ2v) is 3.72. The van der Waals surface area contributed by atoms with Crippen molar-refractivity contribution in [3.8, 4) is 0 Å². The van der Waals surface area contributed by atoms with Crippen molar-refractivity contribution in [1.82, 2.24) is 14.4 Å². The van der Waals surface area contributed by atoms with Crippen LogP contribution in [0.25, 0.3) is 5.65 Å². The van der Waals surface area contributed by atoms with Crippen LogP contribution in [0.3, 0.4) is 0 Å². The molecular weight excluding hydrogens is 232 g/mol. The molecule has 0 aliphatic heterocycles. The largest absolute Gasteiger partial charge is 0.323 e. The predicted molar refractivity (Wildman–Crippen MR) is 53.3 cm³/mol. The molecule has 0 radical (unpaired) electrons. The number of halogens is 1. The van der Waals surface area contributed by atoms with Crippen molar-refractivity contribution in [2.24, 2.45) is 5.73 Å². The van der Waals surface area contributed by atoms with Crippen molar-refractivity contribution >= 4 is 21.6 Å². The van der Waals surface area contributed by atoms with Gasteiger partial charge in [0.2, 0.25) is 0 Å². The summed E-state index contributed by atoms with van der Waals surface area (Å²) in [5.41, 5.74) is 7.58. The molecule has 2 rings (SSSR count). The van der Waals surface area contributed by atoms with Gasteiger partial charge >= 0.3 is 0 Å². The Labute approximate surface area is 83.9 Å². The first kappa shape index (κ1) is 8.65. The Morgan fingerprint density at radius 2 is 2.23 bits per heavy atom. The highest BCUT2D eigenvalue weighted by atomic mass is 79.9. The van der Waals surface area contributed by atoms with Crippen molar-refractivity contribution in [1.29, 1.82) is 0 Å². The van der Waals surface area contributed by atoms with Crippen LogP contribution in [-0.4, -0.2) is 14.4 Å². The summed E-state index contributed by atoms with van der Waals surface area (Å²) < 4.78 is 2.71. The molecule has 1 unspecified atom stereocenters. The molecule has 0 fully saturated rings. The molecule has 0 aromatic carbocycles. The van der Waals surface area contributed by atoms with E-state index < -0.39 is 0 Å². The molecule has 68 valence electrons. The van der Waals surface area contributed by atoms with Crippen LogP contribution in [-0.2, 0) is 0 Å². The number of aromatic nitrogens is 3. The zero-order chi connectivity index (χ0) is 9.42. The molecule has 0 saturated carbocycles. The fourth-order valence-electron chi connectivity index (χ4n) is 1.22. The smallest absolute Gasteiger partial charge is 0.155 e. The van der Waals surface area contributed by atoms with E-state index in [0.717, 1.165) is 15.9 Å². The van der Waals surface area contributed by atoms with E-state index in [2.05, 4.69) is 25.9 Å². The minimum absolute atomic E-state index is 0.0238. The molecule has 5 heteroatoms. The van der Waals surface area contributed by atoms with E-state index in [9.17, 15) is 0 Å². The SMILES string of the molecule is CC(N)c1cnc2cnc(Br)cn12. The van der Waals surface area contributed by atoms with Gasteiger partial charge in [0.15, 0.2) is 5.65 Å². The minimum atomic E-state index is -0.0238. The van der Waals surface area contributed by atoms with E-state index in [0.29, 0.717) is 0 Å². The number of hydrogen-bond acceptors (Lipinski definition) is 3. The predicted octanol–water partition coefficient (Wildman–Crippen LogP) is 1.51. The number of hydrogen-bond donors (Lipinski definition) is 1. The maximum atomic E-state index is 5.78. The molecule has 2 aromatic heterocycles. The number of fused-ring (bicyclic) bond motifs is 1. The lowest BCUT2D eigenvalue weighted by molar-refractivity contribution is 0.767. The molecule has 2 aromatic rings. The molecule has 1 atom stereocenters. The van der Waals surface area contributed by atoms with Gasteiger partial charge in [-0.05, 0) is 22.9 Å². The first-order valence-electron chi connectivity index (χ1n) is 3.92. The van der Waals surface area contributed by atoms with E-state index in [1.54, 1.807) is 12.4 Å². The molecule has 0 aliphatic carbocycles. The van der Waals surface area contributed by atoms with Gasteiger partial charge in [-0.2, -0.15) is 0 Å². The highest BCUT2D eigenvalue weighted by Crippen LogP contribution is 2.14. The lowest BCUT2D eigenvalue weighted by Crippen LogP contribution is -2.07. The third kappa shape index (κ3) is 1.45. The Balaban J connectivity index is 2.71. The molecule has 0 amide bonds. The Morgan fingerprint density at radius 1 is 1.46 bits per heavy atom. The van der Waals surface area contributed by atoms with E-state index in [1.807, 2.05) is 17.5 Å². The first-order valence-corrected chi connectivity index (χ1v) is 4.72. The Hall–Kier alpha value is -0.940. The lowest BCUT2D eigenvalue weighted by Gasteiger charge is -2.04. The van der Waals surface area contributed by atoms with Crippen LogP contribution < -0.4 is 5.73 Å². The first-order chi connectivity index (χ1) is 6.18. The Bertz CT molecular complexity index is 435. The highest BCUT2D eigenvalue weighted by molar-refractivity contribution is 9.10. The molecule has 0 saturated heterocycles. The van der Waals surface area contributed by atoms with Crippen molar-refractivity contribution in [2.75, 3.05) is 0 Å². The van der Waals surface area contributed by atoms with Crippen molar-refractivity contribution in [3.63, 3.8) is 0 Å². The van der Waals surface area contributed by atoms with Gasteiger partial charge in [0, 0.05) is 12.2 Å². The molecular formula is C8H9BrN4. The fourth-order valence-corrected chi connectivity index (χ4v) is 1.53. The zero-order valence-electron chi connectivity index (χ0n) is 7.11. The standard InChI is InChI=1S/C8H9BrN4/c1-5(10)6-2-12-8-3-11-7(9)4-13(6)8/h2-5H,10H2,1H3. The summed E-state index contributed by atoms with van der Waals surface area (Å²) in [6, 6.07) is -0.0238. The molecule has 2 N–H and O–H groups in total. The van der Waals surface area contributed by atoms with E-state index in [1.165, 1.54) is 0 Å². The number of nitrogens with two attached hydrogens (primary N) is 1. The second kappa shape index (κ2) is 3.08. The Morgan fingerprint density at radius 3 is 2.92 bits per heavy atom. The van der Waals surface area contributed by atoms with Gasteiger partial charge in [0.1, 0.15) is 4.60 Å². The van der Waals surface area contributed by atoms with Gasteiger partial charge in [0.05, 0.1) is 18.1 Å². The second-order valence-electron chi connectivity index (χ2n) is 2.91. The lowest BCUT2D eigenvalue weighted by atomic mass is 10.3. The van der Waals surface area contributed by atoms with Crippen LogP contribution in [0.5, 0.6) is 0 Å². The monoisotopic (exact) mass is 240 g/mol. The Kier molecular flexibility index (Phi) is 2.05. The van der Waals surface area contributed by atoms with Crippen LogP contribution in [0.4, 0.5) is 0 Å². The van der Waals surface area contributed by atoms with Crippen molar-refractivity contribution < 1.29 is 0 Å². The summed E-state index contributed by atoms with van der Waals surface area (Å²) in [5.74, 6) is 0. The van der Waals surface area contributed by atoms with E-state index >= 15 is 0 Å². The molecule has 2 heterocycles. The fraction of sp³-hybridized carbons (Fsp3) is 0.250. The van der Waals surface area contributed by atoms with Gasteiger partial charge in [-0.25, -0.2) is 9.97 Å². The van der Waals surface area contributed by atoms with Crippen molar-refractivity contribution in [2.45, 2.75) is 13.0 Å². The number of nitrogens with zero attached hydrogens (tertiary/aromatic N) is 3. The average molecular weight is 241 g/mol. The van der Waals surface area contributed by atoms with Gasteiger partial charge in [-0.15, -0.1) is 0 Å². The number of imidazole rings is 1. The number of rotatable bonds is 1. The third-order valence-electron chi connectivity index (χ3n) is 1.86. The molecule has 0 spiro atoms. The molecule has 4 nitrogen and oxygen atoms in total. The normalized spacial score (nSPS) is 13.5. The zero-order valence-corrected chi connectivity index (χ0v) is 8.69. The summed E-state index contributed by atoms with van der Waals surface area (Å²) in [6.07, 6.45) is 5.34. The maximum Gasteiger partial charge on any atom is 0.155 e. The summed E-state index contributed by atoms with van der Waals surface area (Å²) in [5, 5.41) is 0. The maximum absolute atomic E-state index is 5.78. The summed E-state index contributed by atoms with van der Waals surface area (Å²) in [4.78, 5) is 8.25. The summed E-state index contributed by atoms with van der Waals surface area (Å²) in [7, 11) is 0. The van der Waals surface area contributed by atoms with Crippen LogP contribution in [0.2, 0.25) is 0 Å². The minimum Gasteiger partial charge on any atom is -0.323 e. The molecule has 0 bridgehead atoms. The van der Waals surface area contributed by atoms with Gasteiger partial charge in [0.25, 0.3) is 0 Å². The average Bonchev–Trinajstić information content (AvgIpc) is 2.46. The summed E-state index contributed by atoms with van der Waals surface area (Å²) in [6.45, 7) is 1.93. The van der Waals surface area contributed by atoms with E-state index in [-0.39, 0.29) is 6.04 Å². The van der Waals surface area contributed by atoms with E-state index in [4.69, 9.17) is 5.73 Å². The van der Waals surface area contributed by atoms with Gasteiger partial charge in [-0.3, -0.25) is 4.40 Å². The topological polar surface area (TPSA) is 56.2 Å². The van der Waals surface area contributed by atoms with Gasteiger partial charge in [-0.1, -0.05) is 0 Å². The molecule has 13 heavy (non-hydrogen) atoms. The third-order valence-corrected chi connectivity index (χ3v) is 2.27. The van der Waals surface area contributed by atoms with Gasteiger partial charge < -0.3 is 5.73 Å². The quantitative estimate of drug-likeness (QED) is 0.823. The summed E-state index contributed by atoms with van der Waals surface area (Å²) >= 11 is 3.30. The van der Waals surface area contributed by atoms with Crippen LogP contribution >= 0.6 is 15.9 Å². The van der Waals surface area contributed by atoms with Crippen molar-refractivity contribution in [3.05, 3.63) is 28.9 Å².